The molecule has 1 aliphatic rings. The SMILES string of the molecule is CCc1ccccc1C(=O)N1CCCCC1CC(C)=O. The van der Waals surface area contributed by atoms with E-state index >= 15 is 0 Å². The van der Waals surface area contributed by atoms with Crippen LogP contribution >= 0.6 is 0 Å². The average molecular weight is 273 g/mol. The van der Waals surface area contributed by atoms with Crippen molar-refractivity contribution in [1.29, 1.82) is 0 Å². The number of likely N-dealkylation sites (tertiary alicyclic amines) is 1. The topological polar surface area (TPSA) is 37.4 Å². The Morgan fingerprint density at radius 3 is 2.70 bits per heavy atom. The van der Waals surface area contributed by atoms with E-state index in [1.54, 1.807) is 6.92 Å². The number of carbonyl (C=O) groups is 2. The molecule has 1 atom stereocenters. The summed E-state index contributed by atoms with van der Waals surface area (Å²) < 4.78 is 0. The molecule has 0 saturated carbocycles. The van der Waals surface area contributed by atoms with Gasteiger partial charge in [-0.3, -0.25) is 9.59 Å². The highest BCUT2D eigenvalue weighted by atomic mass is 16.2. The molecule has 1 heterocycles. The molecule has 0 spiro atoms. The van der Waals surface area contributed by atoms with Crippen molar-refractivity contribution < 1.29 is 9.59 Å². The first-order chi connectivity index (χ1) is 9.63. The van der Waals surface area contributed by atoms with E-state index < -0.39 is 0 Å². The van der Waals surface area contributed by atoms with Gasteiger partial charge in [0.25, 0.3) is 5.91 Å². The van der Waals surface area contributed by atoms with Crippen molar-refractivity contribution in [3.8, 4) is 0 Å². The summed E-state index contributed by atoms with van der Waals surface area (Å²) in [7, 11) is 0. The zero-order valence-electron chi connectivity index (χ0n) is 12.4. The molecular weight excluding hydrogens is 250 g/mol. The second-order valence-electron chi connectivity index (χ2n) is 5.56. The van der Waals surface area contributed by atoms with Crippen molar-refractivity contribution in [2.45, 2.75) is 52.0 Å². The molecule has 108 valence electrons. The predicted molar refractivity (Wildman–Crippen MR) is 79.8 cm³/mol. The molecule has 3 heteroatoms. The minimum absolute atomic E-state index is 0.0821. The second kappa shape index (κ2) is 6.69. The Morgan fingerprint density at radius 2 is 2.00 bits per heavy atom. The van der Waals surface area contributed by atoms with Crippen molar-refractivity contribution >= 4 is 11.7 Å². The molecule has 3 nitrogen and oxygen atoms in total. The lowest BCUT2D eigenvalue weighted by molar-refractivity contribution is -0.118. The van der Waals surface area contributed by atoms with Crippen LogP contribution in [0.1, 0.15) is 55.5 Å². The minimum atomic E-state index is 0.0821. The van der Waals surface area contributed by atoms with Gasteiger partial charge in [-0.2, -0.15) is 0 Å². The Labute approximate surface area is 121 Å². The van der Waals surface area contributed by atoms with Crippen molar-refractivity contribution in [1.82, 2.24) is 4.90 Å². The lowest BCUT2D eigenvalue weighted by Crippen LogP contribution is -2.44. The minimum Gasteiger partial charge on any atom is -0.335 e. The van der Waals surface area contributed by atoms with Gasteiger partial charge >= 0.3 is 0 Å². The summed E-state index contributed by atoms with van der Waals surface area (Å²) in [4.78, 5) is 26.1. The van der Waals surface area contributed by atoms with Crippen LogP contribution in [0.4, 0.5) is 0 Å². The molecule has 0 aromatic heterocycles. The smallest absolute Gasteiger partial charge is 0.254 e. The van der Waals surface area contributed by atoms with Gasteiger partial charge in [0.2, 0.25) is 0 Å². The molecule has 0 N–H and O–H groups in total. The van der Waals surface area contributed by atoms with Crippen molar-refractivity contribution in [3.63, 3.8) is 0 Å². The van der Waals surface area contributed by atoms with Crippen LogP contribution in [0, 0.1) is 0 Å². The van der Waals surface area contributed by atoms with Gasteiger partial charge < -0.3 is 4.90 Å². The van der Waals surface area contributed by atoms with Gasteiger partial charge in [0.05, 0.1) is 0 Å². The molecule has 1 aliphatic heterocycles. The van der Waals surface area contributed by atoms with E-state index in [2.05, 4.69) is 6.92 Å². The van der Waals surface area contributed by atoms with Gasteiger partial charge in [0.1, 0.15) is 5.78 Å². The number of piperidine rings is 1. The summed E-state index contributed by atoms with van der Waals surface area (Å²) in [5.41, 5.74) is 1.88. The van der Waals surface area contributed by atoms with Crippen molar-refractivity contribution in [2.24, 2.45) is 0 Å². The third-order valence-corrected chi connectivity index (χ3v) is 4.04. The Balaban J connectivity index is 2.23. The lowest BCUT2D eigenvalue weighted by atomic mass is 9.95. The molecular formula is C17H23NO2. The molecule has 0 bridgehead atoms. The molecule has 1 amide bonds. The van der Waals surface area contributed by atoms with Crippen molar-refractivity contribution in [3.05, 3.63) is 35.4 Å². The molecule has 20 heavy (non-hydrogen) atoms. The molecule has 2 rings (SSSR count). The van der Waals surface area contributed by atoms with Gasteiger partial charge in [0, 0.05) is 24.6 Å². The van der Waals surface area contributed by atoms with Crippen LogP contribution < -0.4 is 0 Å². The van der Waals surface area contributed by atoms with E-state index in [0.717, 1.165) is 43.4 Å². The third-order valence-electron chi connectivity index (χ3n) is 4.04. The maximum Gasteiger partial charge on any atom is 0.254 e. The second-order valence-corrected chi connectivity index (χ2v) is 5.56. The Hall–Kier alpha value is -1.64. The number of rotatable bonds is 4. The number of amides is 1. The summed E-state index contributed by atoms with van der Waals surface area (Å²) >= 11 is 0. The number of hydrogen-bond donors (Lipinski definition) is 0. The monoisotopic (exact) mass is 273 g/mol. The van der Waals surface area contributed by atoms with Crippen LogP contribution in [0.25, 0.3) is 0 Å². The molecule has 1 aromatic rings. The summed E-state index contributed by atoms with van der Waals surface area (Å²) in [6, 6.07) is 7.88. The first-order valence-corrected chi connectivity index (χ1v) is 7.51. The number of carbonyl (C=O) groups excluding carboxylic acids is 2. The third kappa shape index (κ3) is 3.27. The summed E-state index contributed by atoms with van der Waals surface area (Å²) in [5.74, 6) is 0.256. The highest BCUT2D eigenvalue weighted by Crippen LogP contribution is 2.23. The number of hydrogen-bond acceptors (Lipinski definition) is 2. The van der Waals surface area contributed by atoms with Crippen LogP contribution in [0.5, 0.6) is 0 Å². The van der Waals surface area contributed by atoms with E-state index in [0.29, 0.717) is 6.42 Å². The van der Waals surface area contributed by atoms with Gasteiger partial charge in [0.15, 0.2) is 0 Å². The number of aryl methyl sites for hydroxylation is 1. The Bertz CT molecular complexity index is 496. The predicted octanol–water partition coefficient (Wildman–Crippen LogP) is 3.22. The number of nitrogens with zero attached hydrogens (tertiary/aromatic N) is 1. The number of ketones is 1. The Kier molecular flexibility index (Phi) is 4.94. The van der Waals surface area contributed by atoms with E-state index in [1.807, 2.05) is 29.2 Å². The first-order valence-electron chi connectivity index (χ1n) is 7.51. The largest absolute Gasteiger partial charge is 0.335 e. The number of Topliss-reactive ketones (excluding diaryl/α,β-unsaturated/α-hetero) is 1. The average Bonchev–Trinajstić information content (AvgIpc) is 2.46. The standard InChI is InChI=1S/C17H23NO2/c1-3-14-8-4-5-10-16(14)17(20)18-11-7-6-9-15(18)12-13(2)19/h4-5,8,10,15H,3,6-7,9,11-12H2,1-2H3. The summed E-state index contributed by atoms with van der Waals surface area (Å²) in [5, 5.41) is 0. The van der Waals surface area contributed by atoms with E-state index in [1.165, 1.54) is 0 Å². The van der Waals surface area contributed by atoms with Gasteiger partial charge in [-0.05, 0) is 44.2 Å². The zero-order chi connectivity index (χ0) is 14.5. The highest BCUT2D eigenvalue weighted by Gasteiger charge is 2.28. The van der Waals surface area contributed by atoms with E-state index in [-0.39, 0.29) is 17.7 Å². The maximum absolute atomic E-state index is 12.8. The first kappa shape index (κ1) is 14.8. The fraction of sp³-hybridized carbons (Fsp3) is 0.529. The molecule has 1 fully saturated rings. The lowest BCUT2D eigenvalue weighted by Gasteiger charge is -2.35. The van der Waals surface area contributed by atoms with Gasteiger partial charge in [-0.25, -0.2) is 0 Å². The molecule has 1 saturated heterocycles. The summed E-state index contributed by atoms with van der Waals surface area (Å²) in [6.07, 6.45) is 4.43. The maximum atomic E-state index is 12.8. The molecule has 0 radical (unpaired) electrons. The molecule has 1 aromatic carbocycles. The van der Waals surface area contributed by atoms with Crippen LogP contribution in [-0.2, 0) is 11.2 Å². The zero-order valence-corrected chi connectivity index (χ0v) is 12.4. The fourth-order valence-corrected chi connectivity index (χ4v) is 3.00. The van der Waals surface area contributed by atoms with Crippen LogP contribution in [0.15, 0.2) is 24.3 Å². The van der Waals surface area contributed by atoms with Gasteiger partial charge in [-0.15, -0.1) is 0 Å². The fourth-order valence-electron chi connectivity index (χ4n) is 3.00. The molecule has 1 unspecified atom stereocenters. The quantitative estimate of drug-likeness (QED) is 0.844. The van der Waals surface area contributed by atoms with Gasteiger partial charge in [-0.1, -0.05) is 25.1 Å². The van der Waals surface area contributed by atoms with Crippen LogP contribution in [-0.4, -0.2) is 29.2 Å². The highest BCUT2D eigenvalue weighted by molar-refractivity contribution is 5.96. The van der Waals surface area contributed by atoms with Crippen LogP contribution in [0.2, 0.25) is 0 Å². The number of benzene rings is 1. The van der Waals surface area contributed by atoms with Crippen LogP contribution in [0.3, 0.4) is 0 Å². The summed E-state index contributed by atoms with van der Waals surface area (Å²) in [6.45, 7) is 4.45. The Morgan fingerprint density at radius 1 is 1.25 bits per heavy atom. The normalized spacial score (nSPS) is 18.9. The van der Waals surface area contributed by atoms with E-state index in [9.17, 15) is 9.59 Å². The van der Waals surface area contributed by atoms with E-state index in [4.69, 9.17) is 0 Å². The van der Waals surface area contributed by atoms with Crippen molar-refractivity contribution in [2.75, 3.05) is 6.54 Å². The molecule has 0 aliphatic carbocycles.